The third kappa shape index (κ3) is 7.02. The number of aliphatic hydroxyl groups is 1. The van der Waals surface area contributed by atoms with E-state index >= 15 is 0 Å². The van der Waals surface area contributed by atoms with E-state index in [2.05, 4.69) is 0 Å². The number of rotatable bonds is 3. The molecule has 0 spiro atoms. The molecule has 0 bridgehead atoms. The highest BCUT2D eigenvalue weighted by atomic mass is 16.6. The SMILES string of the molecule is CC(=O)O.CC(O)Cc1ccccc1[N+](=O)[O-]. The van der Waals surface area contributed by atoms with Gasteiger partial charge in [-0.2, -0.15) is 0 Å². The average molecular weight is 241 g/mol. The van der Waals surface area contributed by atoms with Crippen molar-refractivity contribution in [2.24, 2.45) is 0 Å². The molecule has 1 atom stereocenters. The molecule has 0 aliphatic carbocycles. The number of carboxylic acids is 1. The number of aliphatic carboxylic acids is 1. The van der Waals surface area contributed by atoms with Gasteiger partial charge in [0.05, 0.1) is 11.0 Å². The van der Waals surface area contributed by atoms with Crippen molar-refractivity contribution in [3.05, 3.63) is 39.9 Å². The zero-order valence-corrected chi connectivity index (χ0v) is 9.66. The molecule has 0 heterocycles. The van der Waals surface area contributed by atoms with E-state index in [1.807, 2.05) is 0 Å². The lowest BCUT2D eigenvalue weighted by Crippen LogP contribution is -2.06. The number of hydrogen-bond acceptors (Lipinski definition) is 4. The first-order valence-corrected chi connectivity index (χ1v) is 4.94. The molecule has 1 unspecified atom stereocenters. The van der Waals surface area contributed by atoms with Crippen LogP contribution in [0.4, 0.5) is 5.69 Å². The first-order valence-electron chi connectivity index (χ1n) is 4.94. The molecule has 94 valence electrons. The Morgan fingerprint density at radius 1 is 1.47 bits per heavy atom. The van der Waals surface area contributed by atoms with E-state index in [4.69, 9.17) is 15.0 Å². The second-order valence-electron chi connectivity index (χ2n) is 3.46. The van der Waals surface area contributed by atoms with Gasteiger partial charge in [-0.3, -0.25) is 14.9 Å². The molecule has 2 N–H and O–H groups in total. The van der Waals surface area contributed by atoms with Crippen molar-refractivity contribution < 1.29 is 19.9 Å². The molecule has 0 fully saturated rings. The lowest BCUT2D eigenvalue weighted by atomic mass is 10.1. The maximum atomic E-state index is 10.5. The fraction of sp³-hybridized carbons (Fsp3) is 0.364. The Balaban J connectivity index is 0.000000557. The van der Waals surface area contributed by atoms with Crippen LogP contribution in [0.15, 0.2) is 24.3 Å². The molecule has 6 nitrogen and oxygen atoms in total. The lowest BCUT2D eigenvalue weighted by Gasteiger charge is -2.04. The zero-order chi connectivity index (χ0) is 13.4. The Morgan fingerprint density at radius 2 is 1.94 bits per heavy atom. The Labute approximate surface area is 98.7 Å². The zero-order valence-electron chi connectivity index (χ0n) is 9.66. The van der Waals surface area contributed by atoms with Crippen molar-refractivity contribution in [3.8, 4) is 0 Å². The Kier molecular flexibility index (Phi) is 6.50. The minimum atomic E-state index is -0.833. The smallest absolute Gasteiger partial charge is 0.300 e. The molecule has 1 aromatic rings. The molecule has 1 aromatic carbocycles. The van der Waals surface area contributed by atoms with E-state index in [1.165, 1.54) is 6.07 Å². The Hall–Kier alpha value is -1.95. The van der Waals surface area contributed by atoms with Gasteiger partial charge in [0.1, 0.15) is 0 Å². The lowest BCUT2D eigenvalue weighted by molar-refractivity contribution is -0.385. The summed E-state index contributed by atoms with van der Waals surface area (Å²) < 4.78 is 0. The van der Waals surface area contributed by atoms with Crippen LogP contribution in [0.1, 0.15) is 19.4 Å². The summed E-state index contributed by atoms with van der Waals surface area (Å²) in [6, 6.07) is 6.44. The molecule has 0 amide bonds. The third-order valence-corrected chi connectivity index (χ3v) is 1.70. The van der Waals surface area contributed by atoms with E-state index in [-0.39, 0.29) is 5.69 Å². The van der Waals surface area contributed by atoms with Crippen LogP contribution in [0.25, 0.3) is 0 Å². The number of nitro benzene ring substituents is 1. The van der Waals surface area contributed by atoms with Crippen LogP contribution in [0.5, 0.6) is 0 Å². The number of nitro groups is 1. The normalized spacial score (nSPS) is 11.0. The molecular weight excluding hydrogens is 226 g/mol. The van der Waals surface area contributed by atoms with Crippen LogP contribution in [0.3, 0.4) is 0 Å². The van der Waals surface area contributed by atoms with Crippen molar-refractivity contribution in [2.45, 2.75) is 26.4 Å². The second kappa shape index (κ2) is 7.34. The summed E-state index contributed by atoms with van der Waals surface area (Å²) in [5.41, 5.74) is 0.644. The average Bonchev–Trinajstić information content (AvgIpc) is 2.16. The molecule has 0 saturated carbocycles. The first kappa shape index (κ1) is 15.0. The second-order valence-corrected chi connectivity index (χ2v) is 3.46. The minimum Gasteiger partial charge on any atom is -0.481 e. The number of carboxylic acid groups (broad SMARTS) is 1. The molecule has 17 heavy (non-hydrogen) atoms. The van der Waals surface area contributed by atoms with E-state index in [0.29, 0.717) is 12.0 Å². The van der Waals surface area contributed by atoms with Crippen molar-refractivity contribution in [2.75, 3.05) is 0 Å². The molecule has 0 radical (unpaired) electrons. The van der Waals surface area contributed by atoms with E-state index < -0.39 is 17.0 Å². The highest BCUT2D eigenvalue weighted by molar-refractivity contribution is 5.62. The summed E-state index contributed by atoms with van der Waals surface area (Å²) in [7, 11) is 0. The number of nitrogens with zero attached hydrogens (tertiary/aromatic N) is 1. The van der Waals surface area contributed by atoms with Crippen LogP contribution in [-0.2, 0) is 11.2 Å². The van der Waals surface area contributed by atoms with Crippen LogP contribution >= 0.6 is 0 Å². The predicted octanol–water partition coefficient (Wildman–Crippen LogP) is 1.61. The summed E-state index contributed by atoms with van der Waals surface area (Å²) in [6.07, 6.45) is -0.238. The molecule has 0 aromatic heterocycles. The number of para-hydroxylation sites is 1. The maximum absolute atomic E-state index is 10.5. The van der Waals surface area contributed by atoms with Gasteiger partial charge in [0.2, 0.25) is 0 Å². The highest BCUT2D eigenvalue weighted by Gasteiger charge is 2.13. The van der Waals surface area contributed by atoms with Crippen molar-refractivity contribution >= 4 is 11.7 Å². The molecular formula is C11H15NO5. The number of carbonyl (C=O) groups is 1. The largest absolute Gasteiger partial charge is 0.481 e. The molecule has 1 rings (SSSR count). The van der Waals surface area contributed by atoms with Crippen LogP contribution in [0.2, 0.25) is 0 Å². The highest BCUT2D eigenvalue weighted by Crippen LogP contribution is 2.18. The quantitative estimate of drug-likeness (QED) is 0.618. The summed E-state index contributed by atoms with van der Waals surface area (Å²) >= 11 is 0. The topological polar surface area (TPSA) is 101 Å². The first-order chi connectivity index (χ1) is 7.84. The van der Waals surface area contributed by atoms with Gasteiger partial charge in [0.25, 0.3) is 11.7 Å². The molecule has 0 aliphatic heterocycles. The monoisotopic (exact) mass is 241 g/mol. The van der Waals surface area contributed by atoms with Crippen LogP contribution in [0, 0.1) is 10.1 Å². The summed E-state index contributed by atoms with van der Waals surface area (Å²) in [5, 5.41) is 27.0. The van der Waals surface area contributed by atoms with Crippen LogP contribution in [-0.4, -0.2) is 27.2 Å². The maximum Gasteiger partial charge on any atom is 0.300 e. The van der Waals surface area contributed by atoms with E-state index in [1.54, 1.807) is 25.1 Å². The van der Waals surface area contributed by atoms with Crippen LogP contribution < -0.4 is 0 Å². The standard InChI is InChI=1S/C9H11NO3.C2H4O2/c1-7(11)6-8-4-2-3-5-9(8)10(12)13;1-2(3)4/h2-5,7,11H,6H2,1H3;1H3,(H,3,4). The Morgan fingerprint density at radius 3 is 2.35 bits per heavy atom. The van der Waals surface area contributed by atoms with Gasteiger partial charge in [-0.25, -0.2) is 0 Å². The molecule has 0 aliphatic rings. The van der Waals surface area contributed by atoms with Gasteiger partial charge in [-0.05, 0) is 6.92 Å². The molecule has 6 heteroatoms. The van der Waals surface area contributed by atoms with Gasteiger partial charge in [-0.1, -0.05) is 18.2 Å². The fourth-order valence-electron chi connectivity index (χ4n) is 1.18. The summed E-state index contributed by atoms with van der Waals surface area (Å²) in [5.74, 6) is -0.833. The van der Waals surface area contributed by atoms with E-state index in [9.17, 15) is 10.1 Å². The number of aliphatic hydroxyl groups excluding tert-OH is 1. The van der Waals surface area contributed by atoms with Crippen molar-refractivity contribution in [1.82, 2.24) is 0 Å². The third-order valence-electron chi connectivity index (χ3n) is 1.70. The van der Waals surface area contributed by atoms with Gasteiger partial charge >= 0.3 is 0 Å². The van der Waals surface area contributed by atoms with Gasteiger partial charge in [-0.15, -0.1) is 0 Å². The summed E-state index contributed by atoms with van der Waals surface area (Å²) in [6.45, 7) is 2.69. The van der Waals surface area contributed by atoms with E-state index in [0.717, 1.165) is 6.92 Å². The number of hydrogen-bond donors (Lipinski definition) is 2. The van der Waals surface area contributed by atoms with Gasteiger partial charge < -0.3 is 10.2 Å². The predicted molar refractivity (Wildman–Crippen MR) is 61.8 cm³/mol. The van der Waals surface area contributed by atoms with Crippen molar-refractivity contribution in [3.63, 3.8) is 0 Å². The number of benzene rings is 1. The molecule has 0 saturated heterocycles. The fourth-order valence-corrected chi connectivity index (χ4v) is 1.18. The Bertz CT molecular complexity index is 385. The van der Waals surface area contributed by atoms with Crippen molar-refractivity contribution in [1.29, 1.82) is 0 Å². The van der Waals surface area contributed by atoms with Gasteiger partial charge in [0, 0.05) is 25.0 Å². The minimum absolute atomic E-state index is 0.0726. The van der Waals surface area contributed by atoms with Gasteiger partial charge in [0.15, 0.2) is 0 Å². The summed E-state index contributed by atoms with van der Waals surface area (Å²) in [4.78, 5) is 19.1.